The highest BCUT2D eigenvalue weighted by atomic mass is 16.5. The number of hydrogen-bond donors (Lipinski definition) is 0. The van der Waals surface area contributed by atoms with E-state index in [1.807, 2.05) is 30.1 Å². The summed E-state index contributed by atoms with van der Waals surface area (Å²) >= 11 is 0. The Balaban J connectivity index is 1.82. The van der Waals surface area contributed by atoms with E-state index >= 15 is 0 Å². The van der Waals surface area contributed by atoms with Crippen LogP contribution in [0.4, 0.5) is 0 Å². The van der Waals surface area contributed by atoms with Gasteiger partial charge >= 0.3 is 0 Å². The van der Waals surface area contributed by atoms with Crippen molar-refractivity contribution in [2.24, 2.45) is 0 Å². The number of rotatable bonds is 5. The lowest BCUT2D eigenvalue weighted by molar-refractivity contribution is -0.135. The van der Waals surface area contributed by atoms with Crippen molar-refractivity contribution in [3.05, 3.63) is 29.3 Å². The molecule has 0 atom stereocenters. The lowest BCUT2D eigenvalue weighted by atomic mass is 10.0. The Morgan fingerprint density at radius 2 is 1.95 bits per heavy atom. The molecule has 1 aliphatic rings. The molecule has 2 rings (SSSR count). The van der Waals surface area contributed by atoms with Gasteiger partial charge in [-0.05, 0) is 56.5 Å². The summed E-state index contributed by atoms with van der Waals surface area (Å²) in [5, 5.41) is 0. The average Bonchev–Trinajstić information content (AvgIpc) is 2.55. The monoisotopic (exact) mass is 304 g/mol. The minimum absolute atomic E-state index is 0.0631. The second-order valence-electron chi connectivity index (χ2n) is 6.20. The Kier molecular flexibility index (Phi) is 5.83. The molecule has 1 heterocycles. The maximum atomic E-state index is 12.3. The first-order valence-corrected chi connectivity index (χ1v) is 8.19. The number of carbonyl (C=O) groups is 1. The second-order valence-corrected chi connectivity index (χ2v) is 6.20. The number of likely N-dealkylation sites (N-methyl/N-ethyl adjacent to an activating group) is 1. The molecule has 0 bridgehead atoms. The number of benzene rings is 1. The largest absolute Gasteiger partial charge is 0.484 e. The minimum Gasteiger partial charge on any atom is -0.484 e. The first kappa shape index (κ1) is 16.8. The van der Waals surface area contributed by atoms with Crippen LogP contribution in [0, 0.1) is 13.8 Å². The van der Waals surface area contributed by atoms with Crippen LogP contribution in [0.3, 0.4) is 0 Å². The highest BCUT2D eigenvalue weighted by Gasteiger charge is 2.24. The van der Waals surface area contributed by atoms with Crippen LogP contribution in [0.25, 0.3) is 0 Å². The Labute approximate surface area is 134 Å². The molecule has 0 saturated carbocycles. The molecule has 1 amide bonds. The quantitative estimate of drug-likeness (QED) is 0.838. The Morgan fingerprint density at radius 1 is 1.27 bits per heavy atom. The zero-order valence-corrected chi connectivity index (χ0v) is 14.3. The van der Waals surface area contributed by atoms with Gasteiger partial charge in [0.05, 0.1) is 0 Å². The van der Waals surface area contributed by atoms with E-state index in [4.69, 9.17) is 4.74 Å². The van der Waals surface area contributed by atoms with Crippen molar-refractivity contribution in [2.75, 3.05) is 33.3 Å². The fourth-order valence-electron chi connectivity index (χ4n) is 2.88. The predicted molar refractivity (Wildman–Crippen MR) is 89.3 cm³/mol. The van der Waals surface area contributed by atoms with E-state index in [0.29, 0.717) is 6.04 Å². The lowest BCUT2D eigenvalue weighted by Crippen LogP contribution is -2.46. The summed E-state index contributed by atoms with van der Waals surface area (Å²) in [6.07, 6.45) is 2.11. The molecule has 4 heteroatoms. The predicted octanol–water partition coefficient (Wildman–Crippen LogP) is 2.62. The van der Waals surface area contributed by atoms with Crippen LogP contribution >= 0.6 is 0 Å². The lowest BCUT2D eigenvalue weighted by Gasteiger charge is -2.36. The van der Waals surface area contributed by atoms with Gasteiger partial charge in [0.25, 0.3) is 5.91 Å². The molecule has 0 aliphatic carbocycles. The standard InChI is InChI=1S/C18H28N2O2/c1-5-20-10-8-16(9-11-20)19(4)18(21)13-22-17-7-6-14(2)15(3)12-17/h6-7,12,16H,5,8-11,13H2,1-4H3. The Hall–Kier alpha value is -1.55. The topological polar surface area (TPSA) is 32.8 Å². The van der Waals surface area contributed by atoms with Crippen molar-refractivity contribution in [2.45, 2.75) is 39.7 Å². The zero-order valence-electron chi connectivity index (χ0n) is 14.3. The van der Waals surface area contributed by atoms with Gasteiger partial charge in [-0.2, -0.15) is 0 Å². The number of amides is 1. The van der Waals surface area contributed by atoms with Crippen molar-refractivity contribution >= 4 is 5.91 Å². The van der Waals surface area contributed by atoms with Crippen LogP contribution in [0.5, 0.6) is 5.75 Å². The zero-order chi connectivity index (χ0) is 16.1. The number of likely N-dealkylation sites (tertiary alicyclic amines) is 1. The molecule has 22 heavy (non-hydrogen) atoms. The summed E-state index contributed by atoms with van der Waals surface area (Å²) in [5.41, 5.74) is 2.42. The molecular formula is C18H28N2O2. The van der Waals surface area contributed by atoms with Gasteiger partial charge in [0.15, 0.2) is 6.61 Å². The minimum atomic E-state index is 0.0631. The highest BCUT2D eigenvalue weighted by Crippen LogP contribution is 2.18. The normalized spacial score (nSPS) is 16.5. The van der Waals surface area contributed by atoms with E-state index in [2.05, 4.69) is 25.7 Å². The Bertz CT molecular complexity index is 508. The third kappa shape index (κ3) is 4.23. The number of aryl methyl sites for hydroxylation is 2. The van der Waals surface area contributed by atoms with Crippen molar-refractivity contribution in [3.63, 3.8) is 0 Å². The summed E-state index contributed by atoms with van der Waals surface area (Å²) in [4.78, 5) is 16.6. The third-order valence-electron chi connectivity index (χ3n) is 4.79. The maximum absolute atomic E-state index is 12.3. The molecule has 0 N–H and O–H groups in total. The van der Waals surface area contributed by atoms with Crippen LogP contribution in [0.1, 0.15) is 30.9 Å². The molecule has 0 radical (unpaired) electrons. The van der Waals surface area contributed by atoms with Crippen LogP contribution < -0.4 is 4.74 Å². The van der Waals surface area contributed by atoms with Gasteiger partial charge in [-0.25, -0.2) is 0 Å². The first-order chi connectivity index (χ1) is 10.5. The molecular weight excluding hydrogens is 276 g/mol. The number of piperidine rings is 1. The van der Waals surface area contributed by atoms with E-state index < -0.39 is 0 Å². The Morgan fingerprint density at radius 3 is 2.55 bits per heavy atom. The van der Waals surface area contributed by atoms with Crippen molar-refractivity contribution in [1.29, 1.82) is 0 Å². The van der Waals surface area contributed by atoms with E-state index in [1.165, 1.54) is 11.1 Å². The summed E-state index contributed by atoms with van der Waals surface area (Å²) in [6, 6.07) is 6.29. The third-order valence-corrected chi connectivity index (χ3v) is 4.79. The molecule has 122 valence electrons. The second kappa shape index (κ2) is 7.63. The van der Waals surface area contributed by atoms with Gasteiger partial charge in [-0.15, -0.1) is 0 Å². The number of carbonyl (C=O) groups excluding carboxylic acids is 1. The van der Waals surface area contributed by atoms with Gasteiger partial charge in [0, 0.05) is 26.2 Å². The van der Waals surface area contributed by atoms with Crippen molar-refractivity contribution in [1.82, 2.24) is 9.80 Å². The summed E-state index contributed by atoms with van der Waals surface area (Å²) in [6.45, 7) is 9.69. The molecule has 1 aliphatic heterocycles. The fraction of sp³-hybridized carbons (Fsp3) is 0.611. The van der Waals surface area contributed by atoms with E-state index in [1.54, 1.807) is 0 Å². The summed E-state index contributed by atoms with van der Waals surface area (Å²) < 4.78 is 5.66. The van der Waals surface area contributed by atoms with Gasteiger partial charge in [0.1, 0.15) is 5.75 Å². The smallest absolute Gasteiger partial charge is 0.260 e. The number of hydrogen-bond acceptors (Lipinski definition) is 3. The number of ether oxygens (including phenoxy) is 1. The molecule has 0 unspecified atom stereocenters. The van der Waals surface area contributed by atoms with Crippen LogP contribution in [0.15, 0.2) is 18.2 Å². The highest BCUT2D eigenvalue weighted by molar-refractivity contribution is 5.77. The SMILES string of the molecule is CCN1CCC(N(C)C(=O)COc2ccc(C)c(C)c2)CC1. The van der Waals surface area contributed by atoms with E-state index in [9.17, 15) is 4.79 Å². The van der Waals surface area contributed by atoms with Crippen molar-refractivity contribution < 1.29 is 9.53 Å². The first-order valence-electron chi connectivity index (χ1n) is 8.19. The van der Waals surface area contributed by atoms with Crippen LogP contribution in [0.2, 0.25) is 0 Å². The van der Waals surface area contributed by atoms with Gasteiger partial charge in [-0.3, -0.25) is 4.79 Å². The average molecular weight is 304 g/mol. The summed E-state index contributed by atoms with van der Waals surface area (Å²) in [7, 11) is 1.90. The molecule has 1 fully saturated rings. The van der Waals surface area contributed by atoms with Crippen molar-refractivity contribution in [3.8, 4) is 5.75 Å². The molecule has 4 nitrogen and oxygen atoms in total. The van der Waals surface area contributed by atoms with Gasteiger partial charge < -0.3 is 14.5 Å². The van der Waals surface area contributed by atoms with Crippen LogP contribution in [-0.2, 0) is 4.79 Å². The van der Waals surface area contributed by atoms with E-state index in [0.717, 1.165) is 38.2 Å². The molecule has 1 aromatic rings. The van der Waals surface area contributed by atoms with Gasteiger partial charge in [-0.1, -0.05) is 13.0 Å². The van der Waals surface area contributed by atoms with Gasteiger partial charge in [0.2, 0.25) is 0 Å². The summed E-state index contributed by atoms with van der Waals surface area (Å²) in [5.74, 6) is 0.832. The fourth-order valence-corrected chi connectivity index (χ4v) is 2.88. The van der Waals surface area contributed by atoms with E-state index in [-0.39, 0.29) is 12.5 Å². The number of nitrogens with zero attached hydrogens (tertiary/aromatic N) is 2. The molecule has 1 aromatic carbocycles. The maximum Gasteiger partial charge on any atom is 0.260 e. The van der Waals surface area contributed by atoms with Crippen LogP contribution in [-0.4, -0.2) is 55.0 Å². The molecule has 0 spiro atoms. The molecule has 0 aromatic heterocycles. The molecule has 1 saturated heterocycles.